The lowest BCUT2D eigenvalue weighted by Gasteiger charge is -2.40. The fourth-order valence-corrected chi connectivity index (χ4v) is 7.52. The maximum Gasteiger partial charge on any atom is 0.407 e. The van der Waals surface area contributed by atoms with Gasteiger partial charge in [0.25, 0.3) is 0 Å². The van der Waals surface area contributed by atoms with E-state index in [2.05, 4.69) is 19.9 Å². The van der Waals surface area contributed by atoms with Crippen LogP contribution in [0, 0.1) is 23.0 Å². The van der Waals surface area contributed by atoms with Crippen molar-refractivity contribution >= 4 is 45.2 Å². The molecule has 0 bridgehead atoms. The quantitative estimate of drug-likeness (QED) is 0.275. The minimum atomic E-state index is -1.14. The van der Waals surface area contributed by atoms with E-state index in [1.165, 1.54) is 17.2 Å². The number of piperazine rings is 1. The van der Waals surface area contributed by atoms with Gasteiger partial charge in [0, 0.05) is 49.7 Å². The van der Waals surface area contributed by atoms with Gasteiger partial charge in [0.2, 0.25) is 0 Å². The van der Waals surface area contributed by atoms with Crippen LogP contribution in [-0.2, 0) is 0 Å². The van der Waals surface area contributed by atoms with Crippen LogP contribution in [0.3, 0.4) is 0 Å². The molecule has 1 unspecified atom stereocenters. The van der Waals surface area contributed by atoms with Gasteiger partial charge < -0.3 is 19.6 Å². The summed E-state index contributed by atoms with van der Waals surface area (Å²) in [7, 11) is 0. The Morgan fingerprint density at radius 2 is 2.02 bits per heavy atom. The highest BCUT2D eigenvalue weighted by atomic mass is 35.5. The summed E-state index contributed by atoms with van der Waals surface area (Å²) in [4.78, 5) is 30.5. The molecule has 3 aliphatic heterocycles. The summed E-state index contributed by atoms with van der Waals surface area (Å²) in [5.41, 5.74) is -0.443. The number of pyridine rings is 1. The predicted molar refractivity (Wildman–Crippen MR) is 165 cm³/mol. The van der Waals surface area contributed by atoms with Gasteiger partial charge in [-0.1, -0.05) is 35.9 Å². The third-order valence-electron chi connectivity index (χ3n) is 9.42. The summed E-state index contributed by atoms with van der Waals surface area (Å²) >= 11 is 6.36. The molecule has 3 atom stereocenters. The largest absolute Gasteiger partial charge is 0.465 e. The Hall–Kier alpha value is -4.41. The summed E-state index contributed by atoms with van der Waals surface area (Å²) in [6.45, 7) is 1.63. The van der Waals surface area contributed by atoms with Gasteiger partial charge in [-0.25, -0.2) is 18.0 Å². The number of benzene rings is 2. The Morgan fingerprint density at radius 3 is 2.83 bits per heavy atom. The summed E-state index contributed by atoms with van der Waals surface area (Å²) in [6, 6.07) is 9.09. The third-order valence-corrected chi connectivity index (χ3v) is 9.79. The lowest BCUT2D eigenvalue weighted by Crippen LogP contribution is -2.55. The molecule has 0 saturated carbocycles. The van der Waals surface area contributed by atoms with Crippen LogP contribution in [0.4, 0.5) is 23.8 Å². The number of aromatic nitrogens is 3. The molecule has 2 aromatic carbocycles. The topological polar surface area (TPSA) is 119 Å². The molecule has 2 aromatic heterocycles. The second-order valence-corrected chi connectivity index (χ2v) is 12.5. The fourth-order valence-electron chi connectivity index (χ4n) is 7.25. The molecule has 10 nitrogen and oxygen atoms in total. The molecule has 46 heavy (non-hydrogen) atoms. The molecule has 0 aliphatic carbocycles. The first-order valence-corrected chi connectivity index (χ1v) is 15.4. The number of rotatable bonds is 6. The highest BCUT2D eigenvalue weighted by Crippen LogP contribution is 2.41. The molecule has 7 rings (SSSR count). The molecular weight excluding hydrogens is 623 g/mol. The van der Waals surface area contributed by atoms with E-state index in [-0.39, 0.29) is 71.7 Å². The van der Waals surface area contributed by atoms with E-state index >= 15 is 4.39 Å². The second-order valence-electron chi connectivity index (χ2n) is 12.1. The maximum absolute atomic E-state index is 16.7. The van der Waals surface area contributed by atoms with E-state index in [1.807, 2.05) is 6.07 Å². The summed E-state index contributed by atoms with van der Waals surface area (Å²) in [5, 5.41) is 20.1. The lowest BCUT2D eigenvalue weighted by molar-refractivity contribution is 0.107. The van der Waals surface area contributed by atoms with Gasteiger partial charge in [-0.15, -0.1) is 0 Å². The van der Waals surface area contributed by atoms with Crippen LogP contribution in [0.1, 0.15) is 25.7 Å². The van der Waals surface area contributed by atoms with Gasteiger partial charge in [0.15, 0.2) is 5.82 Å². The zero-order valence-electron chi connectivity index (χ0n) is 24.6. The number of ether oxygens (including phenoxy) is 1. The first kappa shape index (κ1) is 30.3. The van der Waals surface area contributed by atoms with E-state index in [9.17, 15) is 23.9 Å². The number of hydrogen-bond acceptors (Lipinski definition) is 8. The SMILES string of the molecule is N#CC[C@H]1CN(c2nc(OCC34CCCN3C[C@H](F)C4)nc3c(F)c(-c4cccc5ccc(F)c(Cl)c45)ncc23)CCN1C(=O)O. The Morgan fingerprint density at radius 1 is 1.17 bits per heavy atom. The van der Waals surface area contributed by atoms with Crippen molar-refractivity contribution in [3.63, 3.8) is 0 Å². The van der Waals surface area contributed by atoms with Gasteiger partial charge in [-0.3, -0.25) is 9.88 Å². The predicted octanol–water partition coefficient (Wildman–Crippen LogP) is 5.81. The summed E-state index contributed by atoms with van der Waals surface area (Å²) in [6.07, 6.45) is 1.25. The van der Waals surface area contributed by atoms with Gasteiger partial charge >= 0.3 is 12.1 Å². The number of nitrogens with zero attached hydrogens (tertiary/aromatic N) is 7. The van der Waals surface area contributed by atoms with Crippen molar-refractivity contribution in [1.82, 2.24) is 24.8 Å². The summed E-state index contributed by atoms with van der Waals surface area (Å²) in [5.74, 6) is -1.19. The van der Waals surface area contributed by atoms with Gasteiger partial charge in [0.1, 0.15) is 35.6 Å². The molecule has 3 saturated heterocycles. The van der Waals surface area contributed by atoms with Crippen molar-refractivity contribution in [2.45, 2.75) is 43.4 Å². The summed E-state index contributed by atoms with van der Waals surface area (Å²) < 4.78 is 51.8. The Labute approximate surface area is 267 Å². The Balaban J connectivity index is 1.34. The number of halogens is 4. The highest BCUT2D eigenvalue weighted by Gasteiger charge is 2.49. The van der Waals surface area contributed by atoms with E-state index in [1.54, 1.807) is 29.2 Å². The number of carbonyl (C=O) groups is 1. The van der Waals surface area contributed by atoms with Crippen molar-refractivity contribution in [2.75, 3.05) is 44.2 Å². The number of amides is 1. The fraction of sp³-hybridized carbons (Fsp3) is 0.406. The van der Waals surface area contributed by atoms with Crippen LogP contribution in [-0.4, -0.2) is 93.0 Å². The van der Waals surface area contributed by atoms with Gasteiger partial charge in [-0.2, -0.15) is 15.2 Å². The molecule has 3 aliphatic rings. The van der Waals surface area contributed by atoms with Gasteiger partial charge in [0.05, 0.1) is 34.5 Å². The number of alkyl halides is 1. The lowest BCUT2D eigenvalue weighted by atomic mass is 9.95. The average Bonchev–Trinajstić information content (AvgIpc) is 3.57. The van der Waals surface area contributed by atoms with Crippen molar-refractivity contribution in [2.24, 2.45) is 0 Å². The molecule has 14 heteroatoms. The molecule has 238 valence electrons. The standard InChI is InChI=1S/C32H29ClF3N7O3/c33-25-23(35)6-5-18-3-1-4-21(24(18)25)27-26(36)28-22(14-38-27)29(41-11-12-43(31(44)45)20(16-41)7-9-37)40-30(39-28)46-17-32-8-2-10-42(32)15-19(34)13-32/h1,3-6,14,19-20H,2,7-8,10-13,15-17H2,(H,44,45)/t19-,20+,32?/m1/s1. The molecule has 4 aromatic rings. The smallest absolute Gasteiger partial charge is 0.407 e. The minimum Gasteiger partial charge on any atom is -0.465 e. The maximum atomic E-state index is 16.7. The number of carboxylic acid groups (broad SMARTS) is 1. The average molecular weight is 652 g/mol. The molecule has 3 fully saturated rings. The molecule has 5 heterocycles. The normalized spacial score (nSPS) is 23.2. The molecule has 0 radical (unpaired) electrons. The molecule has 1 amide bonds. The third kappa shape index (κ3) is 5.09. The van der Waals surface area contributed by atoms with Crippen LogP contribution in [0.5, 0.6) is 6.01 Å². The van der Waals surface area contributed by atoms with E-state index in [0.29, 0.717) is 23.7 Å². The van der Waals surface area contributed by atoms with Crippen molar-refractivity contribution in [3.8, 4) is 23.3 Å². The number of fused-ring (bicyclic) bond motifs is 3. The zero-order chi connectivity index (χ0) is 32.2. The van der Waals surface area contributed by atoms with Crippen molar-refractivity contribution in [3.05, 3.63) is 53.2 Å². The highest BCUT2D eigenvalue weighted by molar-refractivity contribution is 6.36. The molecule has 1 N–H and O–H groups in total. The van der Waals surface area contributed by atoms with E-state index in [0.717, 1.165) is 19.4 Å². The van der Waals surface area contributed by atoms with E-state index < -0.39 is 35.5 Å². The van der Waals surface area contributed by atoms with E-state index in [4.69, 9.17) is 16.3 Å². The van der Waals surface area contributed by atoms with Crippen molar-refractivity contribution < 1.29 is 27.8 Å². The van der Waals surface area contributed by atoms with Gasteiger partial charge in [-0.05, 0) is 30.8 Å². The van der Waals surface area contributed by atoms with Crippen LogP contribution in [0.15, 0.2) is 36.5 Å². The first-order chi connectivity index (χ1) is 22.2. The second kappa shape index (κ2) is 11.7. The van der Waals surface area contributed by atoms with Crippen LogP contribution >= 0.6 is 11.6 Å². The molecular formula is C32H29ClF3N7O3. The number of hydrogen-bond donors (Lipinski definition) is 1. The molecule has 0 spiro atoms. The Kier molecular flexibility index (Phi) is 7.73. The number of nitriles is 1. The van der Waals surface area contributed by atoms with Crippen LogP contribution in [0.25, 0.3) is 32.9 Å². The first-order valence-electron chi connectivity index (χ1n) is 15.1. The monoisotopic (exact) mass is 651 g/mol. The minimum absolute atomic E-state index is 0.0485. The zero-order valence-corrected chi connectivity index (χ0v) is 25.4. The Bertz CT molecular complexity index is 1910. The van der Waals surface area contributed by atoms with Crippen molar-refractivity contribution in [1.29, 1.82) is 5.26 Å². The van der Waals surface area contributed by atoms with Crippen LogP contribution in [0.2, 0.25) is 5.02 Å². The number of anilines is 1. The van der Waals surface area contributed by atoms with Crippen LogP contribution < -0.4 is 9.64 Å².